The summed E-state index contributed by atoms with van der Waals surface area (Å²) >= 11 is 0. The van der Waals surface area contributed by atoms with E-state index in [1.165, 1.54) is 0 Å². The van der Waals surface area contributed by atoms with Crippen LogP contribution in [0.4, 0.5) is 0 Å². The maximum Gasteiger partial charge on any atom is 0.461 e. The molecule has 2 nitrogen and oxygen atoms in total. The molecule has 1 aliphatic rings. The minimum absolute atomic E-state index is 0.0185. The normalized spacial score (nSPS) is 24.6. The van der Waals surface area contributed by atoms with Gasteiger partial charge in [-0.05, 0) is 33.5 Å². The van der Waals surface area contributed by atoms with E-state index in [4.69, 9.17) is 9.31 Å². The van der Waals surface area contributed by atoms with Gasteiger partial charge in [-0.15, -0.1) is 0 Å². The summed E-state index contributed by atoms with van der Waals surface area (Å²) in [7, 11) is -0.0185. The Kier molecular flexibility index (Phi) is 3.32. The Balaban J connectivity index is 2.71. The Morgan fingerprint density at radius 1 is 0.929 bits per heavy atom. The first-order valence-electron chi connectivity index (χ1n) is 5.69. The lowest BCUT2D eigenvalue weighted by molar-refractivity contribution is 0.00578. The highest BCUT2D eigenvalue weighted by Gasteiger charge is 2.52. The molecular weight excluding hydrogens is 175 g/mol. The Morgan fingerprint density at radius 2 is 1.29 bits per heavy atom. The van der Waals surface area contributed by atoms with Crippen molar-refractivity contribution in [3.8, 4) is 0 Å². The molecule has 0 aromatic heterocycles. The fourth-order valence-corrected chi connectivity index (χ4v) is 1.75. The molecule has 3 heteroatoms. The fourth-order valence-electron chi connectivity index (χ4n) is 1.75. The van der Waals surface area contributed by atoms with Gasteiger partial charge in [0.15, 0.2) is 0 Å². The van der Waals surface area contributed by atoms with Gasteiger partial charge in [-0.1, -0.05) is 26.7 Å². The van der Waals surface area contributed by atoms with E-state index in [1.54, 1.807) is 0 Å². The SMILES string of the molecule is CCC(CC)B1OC(C)(C)C(C)(C)O1. The fraction of sp³-hybridized carbons (Fsp3) is 1.00. The summed E-state index contributed by atoms with van der Waals surface area (Å²) in [5.41, 5.74) is -0.361. The average Bonchev–Trinajstić information content (AvgIpc) is 2.23. The van der Waals surface area contributed by atoms with Crippen LogP contribution in [0.5, 0.6) is 0 Å². The highest BCUT2D eigenvalue weighted by molar-refractivity contribution is 6.47. The molecule has 0 spiro atoms. The molecule has 82 valence electrons. The number of hydrogen-bond donors (Lipinski definition) is 0. The predicted molar refractivity (Wildman–Crippen MR) is 60.4 cm³/mol. The van der Waals surface area contributed by atoms with E-state index in [2.05, 4.69) is 41.5 Å². The van der Waals surface area contributed by atoms with Crippen LogP contribution < -0.4 is 0 Å². The lowest BCUT2D eigenvalue weighted by Crippen LogP contribution is -2.41. The molecule has 0 radical (unpaired) electrons. The topological polar surface area (TPSA) is 18.5 Å². The summed E-state index contributed by atoms with van der Waals surface area (Å²) in [6, 6.07) is 0. The molecule has 0 N–H and O–H groups in total. The van der Waals surface area contributed by atoms with Crippen molar-refractivity contribution < 1.29 is 9.31 Å². The molecule has 0 aliphatic carbocycles. The molecule has 0 unspecified atom stereocenters. The van der Waals surface area contributed by atoms with Crippen molar-refractivity contribution in [3.63, 3.8) is 0 Å². The van der Waals surface area contributed by atoms with Crippen LogP contribution >= 0.6 is 0 Å². The summed E-state index contributed by atoms with van der Waals surface area (Å²) in [5, 5.41) is 0. The van der Waals surface area contributed by atoms with Gasteiger partial charge in [0.2, 0.25) is 0 Å². The second-order valence-electron chi connectivity index (χ2n) is 5.20. The van der Waals surface area contributed by atoms with Gasteiger partial charge in [-0.2, -0.15) is 0 Å². The minimum atomic E-state index is -0.180. The first-order valence-corrected chi connectivity index (χ1v) is 5.69. The van der Waals surface area contributed by atoms with Crippen LogP contribution in [-0.2, 0) is 9.31 Å². The zero-order valence-electron chi connectivity index (χ0n) is 10.4. The van der Waals surface area contributed by atoms with Crippen LogP contribution in [0.25, 0.3) is 0 Å². The Bertz CT molecular complexity index is 181. The van der Waals surface area contributed by atoms with Crippen molar-refractivity contribution >= 4 is 7.12 Å². The molecule has 0 aromatic rings. The van der Waals surface area contributed by atoms with Crippen molar-refractivity contribution in [2.45, 2.75) is 71.4 Å². The van der Waals surface area contributed by atoms with E-state index >= 15 is 0 Å². The van der Waals surface area contributed by atoms with E-state index in [9.17, 15) is 0 Å². The summed E-state index contributed by atoms with van der Waals surface area (Å²) in [5.74, 6) is 0.524. The van der Waals surface area contributed by atoms with Crippen LogP contribution in [0.15, 0.2) is 0 Å². The quantitative estimate of drug-likeness (QED) is 0.648. The van der Waals surface area contributed by atoms with Gasteiger partial charge in [0.1, 0.15) is 0 Å². The first-order chi connectivity index (χ1) is 6.34. The van der Waals surface area contributed by atoms with Crippen LogP contribution in [0.1, 0.15) is 54.4 Å². The molecule has 0 aromatic carbocycles. The van der Waals surface area contributed by atoms with Crippen LogP contribution in [0, 0.1) is 0 Å². The largest absolute Gasteiger partial charge is 0.461 e. The standard InChI is InChI=1S/C11H23BO2/c1-7-9(8-2)12-13-10(3,4)11(5,6)14-12/h9H,7-8H2,1-6H3. The van der Waals surface area contributed by atoms with E-state index in [0.717, 1.165) is 12.8 Å². The van der Waals surface area contributed by atoms with Gasteiger partial charge < -0.3 is 9.31 Å². The predicted octanol–water partition coefficient (Wildman–Crippen LogP) is 3.27. The van der Waals surface area contributed by atoms with Crippen LogP contribution in [-0.4, -0.2) is 18.3 Å². The minimum Gasteiger partial charge on any atom is -0.403 e. The number of hydrogen-bond acceptors (Lipinski definition) is 2. The second kappa shape index (κ2) is 3.86. The monoisotopic (exact) mass is 198 g/mol. The van der Waals surface area contributed by atoms with Gasteiger partial charge in [0.25, 0.3) is 0 Å². The molecule has 14 heavy (non-hydrogen) atoms. The summed E-state index contributed by atoms with van der Waals surface area (Å²) < 4.78 is 12.0. The lowest BCUT2D eigenvalue weighted by Gasteiger charge is -2.32. The Labute approximate surface area is 88.5 Å². The molecule has 1 fully saturated rings. The Hall–Kier alpha value is -0.0151. The molecule has 1 saturated heterocycles. The zero-order valence-corrected chi connectivity index (χ0v) is 10.4. The third-order valence-electron chi connectivity index (χ3n) is 3.71. The van der Waals surface area contributed by atoms with Gasteiger partial charge in [-0.25, -0.2) is 0 Å². The lowest BCUT2D eigenvalue weighted by atomic mass is 9.69. The molecule has 1 rings (SSSR count). The van der Waals surface area contributed by atoms with Gasteiger partial charge in [0, 0.05) is 0 Å². The van der Waals surface area contributed by atoms with Crippen molar-refractivity contribution in [1.29, 1.82) is 0 Å². The van der Waals surface area contributed by atoms with E-state index < -0.39 is 0 Å². The van der Waals surface area contributed by atoms with E-state index in [0.29, 0.717) is 5.82 Å². The van der Waals surface area contributed by atoms with Crippen LogP contribution in [0.3, 0.4) is 0 Å². The highest BCUT2D eigenvalue weighted by atomic mass is 16.7. The Morgan fingerprint density at radius 3 is 1.57 bits per heavy atom. The molecular formula is C11H23BO2. The van der Waals surface area contributed by atoms with Crippen molar-refractivity contribution in [2.75, 3.05) is 0 Å². The molecule has 1 heterocycles. The maximum absolute atomic E-state index is 5.99. The van der Waals surface area contributed by atoms with Gasteiger partial charge in [0.05, 0.1) is 11.2 Å². The van der Waals surface area contributed by atoms with E-state index in [1.807, 2.05) is 0 Å². The third-order valence-corrected chi connectivity index (χ3v) is 3.71. The van der Waals surface area contributed by atoms with Crippen molar-refractivity contribution in [3.05, 3.63) is 0 Å². The first kappa shape index (κ1) is 12.1. The smallest absolute Gasteiger partial charge is 0.403 e. The third kappa shape index (κ3) is 1.99. The van der Waals surface area contributed by atoms with E-state index in [-0.39, 0.29) is 18.3 Å². The zero-order chi connectivity index (χ0) is 11.0. The van der Waals surface area contributed by atoms with Crippen molar-refractivity contribution in [2.24, 2.45) is 0 Å². The molecule has 0 saturated carbocycles. The van der Waals surface area contributed by atoms with Crippen LogP contribution in [0.2, 0.25) is 5.82 Å². The second-order valence-corrected chi connectivity index (χ2v) is 5.20. The van der Waals surface area contributed by atoms with Gasteiger partial charge in [-0.3, -0.25) is 0 Å². The van der Waals surface area contributed by atoms with Crippen molar-refractivity contribution in [1.82, 2.24) is 0 Å². The molecule has 1 aliphatic heterocycles. The number of rotatable bonds is 3. The summed E-state index contributed by atoms with van der Waals surface area (Å²) in [4.78, 5) is 0. The summed E-state index contributed by atoms with van der Waals surface area (Å²) in [6.07, 6.45) is 2.24. The molecule has 0 amide bonds. The summed E-state index contributed by atoms with van der Waals surface area (Å²) in [6.45, 7) is 12.8. The highest BCUT2D eigenvalue weighted by Crippen LogP contribution is 2.41. The van der Waals surface area contributed by atoms with Gasteiger partial charge >= 0.3 is 7.12 Å². The molecule has 0 bridgehead atoms. The average molecular weight is 198 g/mol. The maximum atomic E-state index is 5.99. The molecule has 0 atom stereocenters.